The van der Waals surface area contributed by atoms with Gasteiger partial charge in [-0.15, -0.1) is 0 Å². The molecule has 0 saturated heterocycles. The van der Waals surface area contributed by atoms with Crippen molar-refractivity contribution in [2.45, 2.75) is 20.3 Å². The van der Waals surface area contributed by atoms with Crippen LogP contribution in [0, 0.1) is 13.0 Å². The SMILES string of the molecule is CCOc1ccccc1-c1cc(CC=C(Cl)Cl)c[c]c1C. The molecule has 0 spiro atoms. The second kappa shape index (κ2) is 7.53. The van der Waals surface area contributed by atoms with Crippen molar-refractivity contribution in [3.8, 4) is 16.9 Å². The van der Waals surface area contributed by atoms with E-state index in [1.54, 1.807) is 6.08 Å². The van der Waals surface area contributed by atoms with Crippen molar-refractivity contribution in [3.63, 3.8) is 0 Å². The fourth-order valence-electron chi connectivity index (χ4n) is 2.18. The Morgan fingerprint density at radius 1 is 1.24 bits per heavy atom. The maximum atomic E-state index is 5.72. The largest absolute Gasteiger partial charge is 0.493 e. The van der Waals surface area contributed by atoms with Gasteiger partial charge in [-0.3, -0.25) is 0 Å². The third-order valence-corrected chi connectivity index (χ3v) is 3.49. The zero-order valence-electron chi connectivity index (χ0n) is 12.1. The molecule has 0 unspecified atom stereocenters. The average Bonchev–Trinajstić information content (AvgIpc) is 2.47. The van der Waals surface area contributed by atoms with Gasteiger partial charge in [0.05, 0.1) is 6.61 Å². The van der Waals surface area contributed by atoms with Crippen molar-refractivity contribution < 1.29 is 4.74 Å². The van der Waals surface area contributed by atoms with Gasteiger partial charge in [0.2, 0.25) is 0 Å². The summed E-state index contributed by atoms with van der Waals surface area (Å²) in [5.41, 5.74) is 4.40. The first-order valence-electron chi connectivity index (χ1n) is 6.86. The number of benzene rings is 2. The summed E-state index contributed by atoms with van der Waals surface area (Å²) in [5, 5.41) is 0. The highest BCUT2D eigenvalue weighted by molar-refractivity contribution is 6.55. The molecule has 0 atom stereocenters. The number of aryl methyl sites for hydroxylation is 1. The van der Waals surface area contributed by atoms with Gasteiger partial charge in [-0.1, -0.05) is 53.5 Å². The second-order valence-corrected chi connectivity index (χ2v) is 5.68. The Kier molecular flexibility index (Phi) is 5.72. The maximum absolute atomic E-state index is 5.72. The molecule has 0 aliphatic rings. The zero-order valence-corrected chi connectivity index (χ0v) is 13.6. The van der Waals surface area contributed by atoms with Gasteiger partial charge in [-0.2, -0.15) is 0 Å². The highest BCUT2D eigenvalue weighted by Gasteiger charge is 2.09. The van der Waals surface area contributed by atoms with Crippen LogP contribution in [0.5, 0.6) is 5.75 Å². The third kappa shape index (κ3) is 4.26. The number of hydrogen-bond acceptors (Lipinski definition) is 1. The molecule has 2 rings (SSSR count). The number of ether oxygens (including phenoxy) is 1. The van der Waals surface area contributed by atoms with Crippen LogP contribution in [0.1, 0.15) is 18.1 Å². The molecular weight excluding hydrogens is 303 g/mol. The lowest BCUT2D eigenvalue weighted by Gasteiger charge is -2.13. The first-order valence-corrected chi connectivity index (χ1v) is 7.62. The van der Waals surface area contributed by atoms with Crippen LogP contribution in [0.15, 0.2) is 47.0 Å². The zero-order chi connectivity index (χ0) is 15.2. The number of hydrogen-bond donors (Lipinski definition) is 0. The highest BCUT2D eigenvalue weighted by atomic mass is 35.5. The molecule has 0 N–H and O–H groups in total. The molecule has 0 amide bonds. The Morgan fingerprint density at radius 2 is 2.00 bits per heavy atom. The molecule has 0 bridgehead atoms. The van der Waals surface area contributed by atoms with Gasteiger partial charge in [0, 0.05) is 5.56 Å². The molecule has 1 nitrogen and oxygen atoms in total. The molecule has 0 aromatic heterocycles. The standard InChI is InChI=1S/C18H17Cl2O/c1-3-21-17-7-5-4-6-15(17)16-12-14(9-8-13(16)2)10-11-18(19)20/h4-7,9,11-12H,3,10H2,1-2H3. The third-order valence-electron chi connectivity index (χ3n) is 3.18. The summed E-state index contributed by atoms with van der Waals surface area (Å²) in [7, 11) is 0. The predicted molar refractivity (Wildman–Crippen MR) is 90.1 cm³/mol. The number of para-hydroxylation sites is 1. The van der Waals surface area contributed by atoms with Crippen molar-refractivity contribution >= 4 is 23.2 Å². The van der Waals surface area contributed by atoms with E-state index in [1.165, 1.54) is 0 Å². The molecule has 0 saturated carbocycles. The Morgan fingerprint density at radius 3 is 2.71 bits per heavy atom. The number of allylic oxidation sites excluding steroid dienone is 1. The molecular formula is C18H17Cl2O. The maximum Gasteiger partial charge on any atom is 0.127 e. The quantitative estimate of drug-likeness (QED) is 0.684. The number of rotatable bonds is 5. The van der Waals surface area contributed by atoms with Crippen LogP contribution in [-0.4, -0.2) is 6.61 Å². The van der Waals surface area contributed by atoms with E-state index in [0.717, 1.165) is 28.0 Å². The van der Waals surface area contributed by atoms with E-state index >= 15 is 0 Å². The van der Waals surface area contributed by atoms with Crippen LogP contribution in [0.2, 0.25) is 0 Å². The van der Waals surface area contributed by atoms with Crippen molar-refractivity contribution in [3.05, 3.63) is 64.2 Å². The topological polar surface area (TPSA) is 9.23 Å². The Labute approximate surface area is 136 Å². The fourth-order valence-corrected chi connectivity index (χ4v) is 2.33. The molecule has 2 aromatic rings. The minimum atomic E-state index is 0.284. The van der Waals surface area contributed by atoms with E-state index in [1.807, 2.05) is 38.1 Å². The van der Waals surface area contributed by atoms with Crippen molar-refractivity contribution in [1.82, 2.24) is 0 Å². The molecule has 0 aliphatic heterocycles. The minimum Gasteiger partial charge on any atom is -0.493 e. The van der Waals surface area contributed by atoms with E-state index in [2.05, 4.69) is 18.2 Å². The summed E-state index contributed by atoms with van der Waals surface area (Å²) in [6.45, 7) is 4.68. The van der Waals surface area contributed by atoms with Gasteiger partial charge in [0.25, 0.3) is 0 Å². The van der Waals surface area contributed by atoms with E-state index in [0.29, 0.717) is 13.0 Å². The minimum absolute atomic E-state index is 0.284. The summed E-state index contributed by atoms with van der Waals surface area (Å²) >= 11 is 11.4. The summed E-state index contributed by atoms with van der Waals surface area (Å²) in [4.78, 5) is 0. The summed E-state index contributed by atoms with van der Waals surface area (Å²) in [6, 6.07) is 15.4. The molecule has 2 aromatic carbocycles. The lowest BCUT2D eigenvalue weighted by atomic mass is 9.96. The van der Waals surface area contributed by atoms with E-state index < -0.39 is 0 Å². The lowest BCUT2D eigenvalue weighted by molar-refractivity contribution is 0.341. The van der Waals surface area contributed by atoms with E-state index in [-0.39, 0.29) is 4.49 Å². The fraction of sp³-hybridized carbons (Fsp3) is 0.222. The van der Waals surface area contributed by atoms with Gasteiger partial charge in [-0.25, -0.2) is 0 Å². The van der Waals surface area contributed by atoms with Crippen LogP contribution in [0.4, 0.5) is 0 Å². The van der Waals surface area contributed by atoms with Gasteiger partial charge in [0.1, 0.15) is 10.2 Å². The van der Waals surface area contributed by atoms with Gasteiger partial charge < -0.3 is 4.74 Å². The van der Waals surface area contributed by atoms with Crippen LogP contribution in [-0.2, 0) is 6.42 Å². The molecule has 0 fully saturated rings. The lowest BCUT2D eigenvalue weighted by Crippen LogP contribution is -1.95. The van der Waals surface area contributed by atoms with Crippen molar-refractivity contribution in [1.29, 1.82) is 0 Å². The van der Waals surface area contributed by atoms with E-state index in [9.17, 15) is 0 Å². The monoisotopic (exact) mass is 319 g/mol. The first kappa shape index (κ1) is 15.9. The molecule has 21 heavy (non-hydrogen) atoms. The van der Waals surface area contributed by atoms with Crippen molar-refractivity contribution in [2.75, 3.05) is 6.61 Å². The van der Waals surface area contributed by atoms with Crippen LogP contribution < -0.4 is 4.74 Å². The van der Waals surface area contributed by atoms with Crippen LogP contribution in [0.3, 0.4) is 0 Å². The predicted octanol–water partition coefficient (Wildman–Crippen LogP) is 5.72. The first-order chi connectivity index (χ1) is 10.1. The molecule has 0 heterocycles. The molecule has 3 heteroatoms. The normalized spacial score (nSPS) is 10.3. The van der Waals surface area contributed by atoms with E-state index in [4.69, 9.17) is 27.9 Å². The van der Waals surface area contributed by atoms with Gasteiger partial charge >= 0.3 is 0 Å². The molecule has 1 radical (unpaired) electrons. The Balaban J connectivity index is 2.43. The van der Waals surface area contributed by atoms with Crippen LogP contribution >= 0.6 is 23.2 Å². The van der Waals surface area contributed by atoms with Crippen molar-refractivity contribution in [2.24, 2.45) is 0 Å². The average molecular weight is 320 g/mol. The highest BCUT2D eigenvalue weighted by Crippen LogP contribution is 2.32. The molecule has 0 aliphatic carbocycles. The summed E-state index contributed by atoms with van der Waals surface area (Å²) in [5.74, 6) is 0.888. The molecule has 109 valence electrons. The Bertz CT molecular complexity index is 643. The second-order valence-electron chi connectivity index (χ2n) is 4.67. The van der Waals surface area contributed by atoms with Crippen LogP contribution in [0.25, 0.3) is 11.1 Å². The van der Waals surface area contributed by atoms with Gasteiger partial charge in [0.15, 0.2) is 0 Å². The summed E-state index contributed by atoms with van der Waals surface area (Å²) in [6.07, 6.45) is 2.46. The smallest absolute Gasteiger partial charge is 0.127 e. The van der Waals surface area contributed by atoms with Gasteiger partial charge in [-0.05, 0) is 55.2 Å². The number of halogens is 2. The summed E-state index contributed by atoms with van der Waals surface area (Å²) < 4.78 is 6.00. The Hall–Kier alpha value is -1.44.